The Kier molecular flexibility index (Phi) is 6.99. The fourth-order valence-corrected chi connectivity index (χ4v) is 1.91. The van der Waals surface area contributed by atoms with Gasteiger partial charge in [0.2, 0.25) is 5.91 Å². The van der Waals surface area contributed by atoms with Gasteiger partial charge in [0.1, 0.15) is 0 Å². The first-order chi connectivity index (χ1) is 9.43. The summed E-state index contributed by atoms with van der Waals surface area (Å²) < 4.78 is 5.41. The summed E-state index contributed by atoms with van der Waals surface area (Å²) >= 11 is 5.96. The number of ether oxygens (including phenoxy) is 1. The third kappa shape index (κ3) is 5.49. The van der Waals surface area contributed by atoms with Crippen molar-refractivity contribution in [3.63, 3.8) is 0 Å². The van der Waals surface area contributed by atoms with Gasteiger partial charge in [-0.2, -0.15) is 0 Å². The molecule has 0 aliphatic carbocycles. The van der Waals surface area contributed by atoms with E-state index in [1.54, 1.807) is 7.11 Å². The predicted octanol–water partition coefficient (Wildman–Crippen LogP) is 2.48. The quantitative estimate of drug-likeness (QED) is 0.841. The lowest BCUT2D eigenvalue weighted by Crippen LogP contribution is -2.39. The number of hydrogen-bond acceptors (Lipinski definition) is 3. The van der Waals surface area contributed by atoms with E-state index in [4.69, 9.17) is 16.3 Å². The minimum absolute atomic E-state index is 0.00900. The Morgan fingerprint density at radius 1 is 1.45 bits per heavy atom. The van der Waals surface area contributed by atoms with Crippen LogP contribution in [-0.4, -0.2) is 44.1 Å². The molecule has 0 aliphatic rings. The third-order valence-corrected chi connectivity index (χ3v) is 3.50. The molecule has 5 heteroatoms. The number of methoxy groups -OCH3 is 1. The zero-order chi connectivity index (χ0) is 15.1. The van der Waals surface area contributed by atoms with Crippen LogP contribution in [0, 0.1) is 0 Å². The van der Waals surface area contributed by atoms with Gasteiger partial charge in [0, 0.05) is 24.7 Å². The first kappa shape index (κ1) is 17.0. The van der Waals surface area contributed by atoms with Gasteiger partial charge in [0.05, 0.1) is 12.6 Å². The highest BCUT2D eigenvalue weighted by molar-refractivity contribution is 6.30. The van der Waals surface area contributed by atoms with Gasteiger partial charge in [0.25, 0.3) is 0 Å². The molecule has 0 radical (unpaired) electrons. The highest BCUT2D eigenvalue weighted by Gasteiger charge is 2.14. The third-order valence-electron chi connectivity index (χ3n) is 3.26. The maximum absolute atomic E-state index is 11.8. The van der Waals surface area contributed by atoms with Gasteiger partial charge in [-0.1, -0.05) is 23.7 Å². The second kappa shape index (κ2) is 8.25. The topological polar surface area (TPSA) is 41.6 Å². The van der Waals surface area contributed by atoms with Crippen LogP contribution in [0.4, 0.5) is 0 Å². The average molecular weight is 299 g/mol. The van der Waals surface area contributed by atoms with E-state index in [1.807, 2.05) is 36.2 Å². The monoisotopic (exact) mass is 298 g/mol. The van der Waals surface area contributed by atoms with Gasteiger partial charge in [-0.25, -0.2) is 0 Å². The predicted molar refractivity (Wildman–Crippen MR) is 82.0 cm³/mol. The van der Waals surface area contributed by atoms with Crippen LogP contribution >= 0.6 is 11.6 Å². The molecular formula is C15H23ClN2O2. The zero-order valence-corrected chi connectivity index (χ0v) is 13.3. The number of nitrogens with one attached hydrogen (secondary N) is 1. The van der Waals surface area contributed by atoms with Crippen LogP contribution in [0.5, 0.6) is 0 Å². The lowest BCUT2D eigenvalue weighted by Gasteiger charge is -2.21. The average Bonchev–Trinajstić information content (AvgIpc) is 2.39. The molecule has 1 rings (SSSR count). The smallest absolute Gasteiger partial charge is 0.234 e. The van der Waals surface area contributed by atoms with Crippen molar-refractivity contribution in [1.82, 2.24) is 10.2 Å². The highest BCUT2D eigenvalue weighted by atomic mass is 35.5. The molecule has 20 heavy (non-hydrogen) atoms. The second-order valence-electron chi connectivity index (χ2n) is 5.09. The Morgan fingerprint density at radius 3 is 2.70 bits per heavy atom. The summed E-state index contributed by atoms with van der Waals surface area (Å²) in [4.78, 5) is 13.8. The van der Waals surface area contributed by atoms with Crippen molar-refractivity contribution in [1.29, 1.82) is 0 Å². The first-order valence-electron chi connectivity index (χ1n) is 6.69. The zero-order valence-electron chi connectivity index (χ0n) is 12.5. The van der Waals surface area contributed by atoms with Crippen LogP contribution in [0.25, 0.3) is 0 Å². The number of hydrogen-bond donors (Lipinski definition) is 1. The summed E-state index contributed by atoms with van der Waals surface area (Å²) in [5.74, 6) is -0.00900. The SMILES string of the molecule is CO[C@@H](CNC(=O)CN(C)C(C)C)c1cccc(Cl)c1. The van der Waals surface area contributed by atoms with E-state index >= 15 is 0 Å². The van der Waals surface area contributed by atoms with Crippen molar-refractivity contribution < 1.29 is 9.53 Å². The van der Waals surface area contributed by atoms with Crippen molar-refractivity contribution in [3.8, 4) is 0 Å². The van der Waals surface area contributed by atoms with Crippen molar-refractivity contribution in [2.24, 2.45) is 0 Å². The molecule has 0 bridgehead atoms. The maximum atomic E-state index is 11.8. The van der Waals surface area contributed by atoms with E-state index < -0.39 is 0 Å². The lowest BCUT2D eigenvalue weighted by molar-refractivity contribution is -0.122. The van der Waals surface area contributed by atoms with E-state index in [1.165, 1.54) is 0 Å². The van der Waals surface area contributed by atoms with E-state index in [0.29, 0.717) is 24.2 Å². The number of halogens is 1. The molecular weight excluding hydrogens is 276 g/mol. The van der Waals surface area contributed by atoms with Crippen LogP contribution < -0.4 is 5.32 Å². The molecule has 1 aromatic rings. The largest absolute Gasteiger partial charge is 0.375 e. The molecule has 1 N–H and O–H groups in total. The minimum atomic E-state index is -0.193. The Labute approximate surface area is 126 Å². The van der Waals surface area contributed by atoms with Crippen molar-refractivity contribution >= 4 is 17.5 Å². The lowest BCUT2D eigenvalue weighted by atomic mass is 10.1. The number of amides is 1. The van der Waals surface area contributed by atoms with E-state index in [0.717, 1.165) is 5.56 Å². The number of carbonyl (C=O) groups excluding carboxylic acids is 1. The number of benzene rings is 1. The Bertz CT molecular complexity index is 438. The molecule has 112 valence electrons. The molecule has 0 saturated heterocycles. The Hall–Kier alpha value is -1.10. The maximum Gasteiger partial charge on any atom is 0.234 e. The summed E-state index contributed by atoms with van der Waals surface area (Å²) in [7, 11) is 3.55. The van der Waals surface area contributed by atoms with Gasteiger partial charge in [-0.05, 0) is 38.6 Å². The van der Waals surface area contributed by atoms with Crippen LogP contribution in [0.3, 0.4) is 0 Å². The number of carbonyl (C=O) groups is 1. The molecule has 0 saturated carbocycles. The van der Waals surface area contributed by atoms with Gasteiger partial charge in [-0.3, -0.25) is 9.69 Å². The summed E-state index contributed by atoms with van der Waals surface area (Å²) in [5.41, 5.74) is 0.956. The minimum Gasteiger partial charge on any atom is -0.375 e. The van der Waals surface area contributed by atoms with Crippen molar-refractivity contribution in [3.05, 3.63) is 34.9 Å². The van der Waals surface area contributed by atoms with Crippen molar-refractivity contribution in [2.45, 2.75) is 26.0 Å². The normalized spacial score (nSPS) is 12.8. The van der Waals surface area contributed by atoms with Crippen LogP contribution in [-0.2, 0) is 9.53 Å². The number of nitrogens with zero attached hydrogens (tertiary/aromatic N) is 1. The molecule has 1 aromatic carbocycles. The molecule has 4 nitrogen and oxygen atoms in total. The number of likely N-dealkylation sites (N-methyl/N-ethyl adjacent to an activating group) is 1. The molecule has 0 aliphatic heterocycles. The fraction of sp³-hybridized carbons (Fsp3) is 0.533. The van der Waals surface area contributed by atoms with Gasteiger partial charge >= 0.3 is 0 Å². The van der Waals surface area contributed by atoms with Crippen LogP contribution in [0.2, 0.25) is 5.02 Å². The molecule has 0 spiro atoms. The summed E-state index contributed by atoms with van der Waals surface area (Å²) in [6.45, 7) is 4.92. The van der Waals surface area contributed by atoms with Crippen LogP contribution in [0.15, 0.2) is 24.3 Å². The number of rotatable bonds is 7. The van der Waals surface area contributed by atoms with Crippen LogP contribution in [0.1, 0.15) is 25.5 Å². The van der Waals surface area contributed by atoms with E-state index in [-0.39, 0.29) is 12.0 Å². The van der Waals surface area contributed by atoms with E-state index in [2.05, 4.69) is 19.2 Å². The van der Waals surface area contributed by atoms with Crippen molar-refractivity contribution in [2.75, 3.05) is 27.2 Å². The standard InChI is InChI=1S/C15H23ClN2O2/c1-11(2)18(3)10-15(19)17-9-14(20-4)12-6-5-7-13(16)8-12/h5-8,11,14H,9-10H2,1-4H3,(H,17,19)/t14-/m0/s1. The molecule has 0 fully saturated rings. The molecule has 1 amide bonds. The summed E-state index contributed by atoms with van der Waals surface area (Å²) in [6, 6.07) is 7.81. The second-order valence-corrected chi connectivity index (χ2v) is 5.53. The summed E-state index contributed by atoms with van der Waals surface area (Å²) in [6.07, 6.45) is -0.193. The molecule has 1 atom stereocenters. The van der Waals surface area contributed by atoms with Gasteiger partial charge < -0.3 is 10.1 Å². The molecule has 0 unspecified atom stereocenters. The van der Waals surface area contributed by atoms with Gasteiger partial charge in [-0.15, -0.1) is 0 Å². The Morgan fingerprint density at radius 2 is 2.15 bits per heavy atom. The van der Waals surface area contributed by atoms with E-state index in [9.17, 15) is 4.79 Å². The first-order valence-corrected chi connectivity index (χ1v) is 7.07. The highest BCUT2D eigenvalue weighted by Crippen LogP contribution is 2.19. The molecule has 0 heterocycles. The fourth-order valence-electron chi connectivity index (χ4n) is 1.72. The summed E-state index contributed by atoms with van der Waals surface area (Å²) in [5, 5.41) is 3.55. The van der Waals surface area contributed by atoms with Gasteiger partial charge in [0.15, 0.2) is 0 Å². The Balaban J connectivity index is 2.51. The molecule has 0 aromatic heterocycles.